The molecule has 7 nitrogen and oxygen atoms in total. The molecule has 6 atom stereocenters. The van der Waals surface area contributed by atoms with Gasteiger partial charge in [0.1, 0.15) is 12.2 Å². The summed E-state index contributed by atoms with van der Waals surface area (Å²) in [5, 5.41) is 11.1. The Balaban J connectivity index is 1.92. The molecule has 0 bridgehead atoms. The summed E-state index contributed by atoms with van der Waals surface area (Å²) < 4.78 is 16.6. The lowest BCUT2D eigenvalue weighted by Crippen LogP contribution is -2.56. The van der Waals surface area contributed by atoms with E-state index in [1.165, 1.54) is 0 Å². The number of esters is 3. The van der Waals surface area contributed by atoms with E-state index in [9.17, 15) is 19.5 Å². The lowest BCUT2D eigenvalue weighted by Gasteiger charge is -2.51. The van der Waals surface area contributed by atoms with Crippen molar-refractivity contribution in [3.8, 4) is 0 Å². The quantitative estimate of drug-likeness (QED) is 0.317. The van der Waals surface area contributed by atoms with Crippen LogP contribution < -0.4 is 0 Å². The highest BCUT2D eigenvalue weighted by atomic mass is 16.7. The van der Waals surface area contributed by atoms with Gasteiger partial charge in [-0.25, -0.2) is 14.4 Å². The minimum absolute atomic E-state index is 0.279. The van der Waals surface area contributed by atoms with Gasteiger partial charge in [0.25, 0.3) is 0 Å². The zero-order chi connectivity index (χ0) is 23.1. The zero-order valence-electron chi connectivity index (χ0n) is 18.6. The summed E-state index contributed by atoms with van der Waals surface area (Å²) in [5.41, 5.74) is 0.896. The molecule has 1 aliphatic heterocycles. The Morgan fingerprint density at radius 2 is 1.84 bits per heavy atom. The molecular formula is C24H30O7. The molecule has 3 rings (SSSR count). The molecule has 1 N–H and O–H groups in total. The van der Waals surface area contributed by atoms with Gasteiger partial charge in [-0.2, -0.15) is 0 Å². The molecule has 0 unspecified atom stereocenters. The summed E-state index contributed by atoms with van der Waals surface area (Å²) in [6.45, 7) is 12.7. The third kappa shape index (κ3) is 3.65. The molecule has 0 amide bonds. The van der Waals surface area contributed by atoms with Crippen LogP contribution in [0.5, 0.6) is 0 Å². The van der Waals surface area contributed by atoms with Crippen molar-refractivity contribution < 1.29 is 33.7 Å². The minimum Gasteiger partial charge on any atom is -0.456 e. The van der Waals surface area contributed by atoms with Crippen LogP contribution in [-0.4, -0.2) is 41.0 Å². The van der Waals surface area contributed by atoms with Gasteiger partial charge < -0.3 is 19.3 Å². The molecule has 2 fully saturated rings. The number of allylic oxidation sites excluding steroid dienone is 3. The maximum absolute atomic E-state index is 12.7. The van der Waals surface area contributed by atoms with E-state index < -0.39 is 53.2 Å². The number of hydrogen-bond donors (Lipinski definition) is 1. The average Bonchev–Trinajstić information content (AvgIpc) is 2.97. The minimum atomic E-state index is -2.36. The van der Waals surface area contributed by atoms with Crippen LogP contribution in [0.1, 0.15) is 47.5 Å². The summed E-state index contributed by atoms with van der Waals surface area (Å²) in [7, 11) is 0. The number of carbonyl (C=O) groups excluding carboxylic acids is 3. The second-order valence-corrected chi connectivity index (χ2v) is 8.79. The topological polar surface area (TPSA) is 99.1 Å². The first-order valence-electron chi connectivity index (χ1n) is 10.5. The fourth-order valence-corrected chi connectivity index (χ4v) is 4.77. The molecule has 168 valence electrons. The first-order chi connectivity index (χ1) is 14.5. The SMILES string of the molecule is C=C1C=C[C@@H](OC(=O)/C(C)=C\C)[C@@]2(C)CC[C@@H]3[C@@H](OC(=O)[C@@]3(O)OC(=O)/C(C)=C\C)[C@H]12. The van der Waals surface area contributed by atoms with Crippen molar-refractivity contribution in [2.75, 3.05) is 0 Å². The Hall–Kier alpha value is -2.67. The van der Waals surface area contributed by atoms with E-state index >= 15 is 0 Å². The predicted octanol–water partition coefficient (Wildman–Crippen LogP) is 3.15. The molecule has 1 saturated carbocycles. The largest absolute Gasteiger partial charge is 0.456 e. The zero-order valence-corrected chi connectivity index (χ0v) is 18.6. The molecular weight excluding hydrogens is 400 g/mol. The molecule has 1 saturated heterocycles. The molecule has 0 radical (unpaired) electrons. The fourth-order valence-electron chi connectivity index (χ4n) is 4.77. The first kappa shape index (κ1) is 23.0. The van der Waals surface area contributed by atoms with Gasteiger partial charge in [-0.05, 0) is 52.2 Å². The van der Waals surface area contributed by atoms with Crippen LogP contribution >= 0.6 is 0 Å². The van der Waals surface area contributed by atoms with Gasteiger partial charge in [-0.15, -0.1) is 0 Å². The third-order valence-corrected chi connectivity index (χ3v) is 6.99. The van der Waals surface area contributed by atoms with Gasteiger partial charge in [0.15, 0.2) is 0 Å². The molecule has 0 spiro atoms. The van der Waals surface area contributed by atoms with E-state index in [2.05, 4.69) is 6.58 Å². The molecule has 1 heterocycles. The smallest absolute Gasteiger partial charge is 0.380 e. The van der Waals surface area contributed by atoms with E-state index in [4.69, 9.17) is 14.2 Å². The summed E-state index contributed by atoms with van der Waals surface area (Å²) in [5.74, 6) is -5.68. The van der Waals surface area contributed by atoms with Crippen LogP contribution in [0.15, 0.2) is 47.6 Å². The van der Waals surface area contributed by atoms with Crippen molar-refractivity contribution in [3.63, 3.8) is 0 Å². The van der Waals surface area contributed by atoms with Crippen LogP contribution in [0.3, 0.4) is 0 Å². The van der Waals surface area contributed by atoms with Crippen LogP contribution in [0.25, 0.3) is 0 Å². The Bertz CT molecular complexity index is 911. The molecule has 0 aromatic heterocycles. The van der Waals surface area contributed by atoms with Crippen LogP contribution in [-0.2, 0) is 28.6 Å². The summed E-state index contributed by atoms with van der Waals surface area (Å²) in [4.78, 5) is 37.4. The van der Waals surface area contributed by atoms with Crippen molar-refractivity contribution in [1.82, 2.24) is 0 Å². The molecule has 3 aliphatic rings. The standard InChI is InChI=1S/C24H30O7/c1-7-13(3)20(25)29-17-10-9-15(5)18-19-16(11-12-23(17,18)6)24(28,22(27)30-19)31-21(26)14(4)8-2/h7-10,16-19,28H,5,11-12H2,1-4,6H3/b13-7-,14-8-/t16-,17-,18+,19-,23-,24+/m1/s1. The summed E-state index contributed by atoms with van der Waals surface area (Å²) >= 11 is 0. The van der Waals surface area contributed by atoms with Crippen molar-refractivity contribution >= 4 is 17.9 Å². The number of rotatable bonds is 4. The number of ether oxygens (including phenoxy) is 3. The lowest BCUT2D eigenvalue weighted by atomic mass is 9.55. The first-order valence-corrected chi connectivity index (χ1v) is 10.5. The van der Waals surface area contributed by atoms with Gasteiger partial charge in [0.05, 0.1) is 5.92 Å². The van der Waals surface area contributed by atoms with Crippen molar-refractivity contribution in [3.05, 3.63) is 47.6 Å². The predicted molar refractivity (Wildman–Crippen MR) is 112 cm³/mol. The maximum Gasteiger partial charge on any atom is 0.380 e. The number of carbonyl (C=O) groups is 3. The Morgan fingerprint density at radius 3 is 2.45 bits per heavy atom. The molecule has 7 heteroatoms. The molecule has 0 aromatic carbocycles. The van der Waals surface area contributed by atoms with Crippen molar-refractivity contribution in [2.45, 2.75) is 65.5 Å². The van der Waals surface area contributed by atoms with E-state index in [0.29, 0.717) is 24.0 Å². The summed E-state index contributed by atoms with van der Waals surface area (Å²) in [6, 6.07) is 0. The Kier molecular flexibility index (Phi) is 6.02. The van der Waals surface area contributed by atoms with Gasteiger partial charge >= 0.3 is 23.7 Å². The highest BCUT2D eigenvalue weighted by molar-refractivity contribution is 5.91. The second-order valence-electron chi connectivity index (χ2n) is 8.79. The lowest BCUT2D eigenvalue weighted by molar-refractivity contribution is -0.223. The van der Waals surface area contributed by atoms with Gasteiger partial charge in [0.2, 0.25) is 0 Å². The Labute approximate surface area is 182 Å². The number of fused-ring (bicyclic) bond motifs is 3. The Morgan fingerprint density at radius 1 is 1.23 bits per heavy atom. The van der Waals surface area contributed by atoms with Gasteiger partial charge in [-0.1, -0.05) is 31.7 Å². The fraction of sp³-hybridized carbons (Fsp3) is 0.542. The van der Waals surface area contributed by atoms with Gasteiger partial charge in [-0.3, -0.25) is 0 Å². The number of aliphatic hydroxyl groups is 1. The average molecular weight is 430 g/mol. The second kappa shape index (κ2) is 8.11. The number of hydrogen-bond acceptors (Lipinski definition) is 7. The molecule has 0 aromatic rings. The van der Waals surface area contributed by atoms with Crippen LogP contribution in [0, 0.1) is 17.3 Å². The molecule has 2 aliphatic carbocycles. The van der Waals surface area contributed by atoms with E-state index in [-0.39, 0.29) is 5.57 Å². The van der Waals surface area contributed by atoms with E-state index in [1.807, 2.05) is 6.92 Å². The van der Waals surface area contributed by atoms with Crippen molar-refractivity contribution in [2.24, 2.45) is 17.3 Å². The van der Waals surface area contributed by atoms with Crippen LogP contribution in [0.4, 0.5) is 0 Å². The van der Waals surface area contributed by atoms with Gasteiger partial charge in [0, 0.05) is 22.5 Å². The maximum atomic E-state index is 12.7. The third-order valence-electron chi connectivity index (χ3n) is 6.99. The van der Waals surface area contributed by atoms with E-state index in [0.717, 1.165) is 0 Å². The van der Waals surface area contributed by atoms with E-state index in [1.54, 1.807) is 52.0 Å². The monoisotopic (exact) mass is 430 g/mol. The summed E-state index contributed by atoms with van der Waals surface area (Å²) in [6.07, 6.45) is 6.35. The van der Waals surface area contributed by atoms with Crippen molar-refractivity contribution in [1.29, 1.82) is 0 Å². The molecule has 31 heavy (non-hydrogen) atoms. The van der Waals surface area contributed by atoms with Crippen LogP contribution in [0.2, 0.25) is 0 Å². The normalized spacial score (nSPS) is 37.6. The highest BCUT2D eigenvalue weighted by Gasteiger charge is 2.67. The highest BCUT2D eigenvalue weighted by Crippen LogP contribution is 2.57.